The lowest BCUT2D eigenvalue weighted by molar-refractivity contribution is 0.0809. The highest BCUT2D eigenvalue weighted by atomic mass is 16.3. The zero-order chi connectivity index (χ0) is 22.4. The van der Waals surface area contributed by atoms with Crippen LogP contribution in [0.1, 0.15) is 41.2 Å². The van der Waals surface area contributed by atoms with Gasteiger partial charge >= 0.3 is 0 Å². The van der Waals surface area contributed by atoms with Gasteiger partial charge in [0.15, 0.2) is 0 Å². The smallest absolute Gasteiger partial charge is 0.272 e. The molecule has 0 saturated heterocycles. The van der Waals surface area contributed by atoms with Gasteiger partial charge in [0.25, 0.3) is 5.91 Å². The summed E-state index contributed by atoms with van der Waals surface area (Å²) >= 11 is 0. The van der Waals surface area contributed by atoms with Gasteiger partial charge in [-0.2, -0.15) is 5.10 Å². The van der Waals surface area contributed by atoms with E-state index in [-0.39, 0.29) is 11.4 Å². The summed E-state index contributed by atoms with van der Waals surface area (Å²) in [5, 5.41) is 21.7. The van der Waals surface area contributed by atoms with Crippen molar-refractivity contribution in [1.82, 2.24) is 20.4 Å². The van der Waals surface area contributed by atoms with Crippen LogP contribution in [0.3, 0.4) is 0 Å². The number of hydrogen-bond donors (Lipinski definition) is 3. The Bertz CT molecular complexity index is 964. The van der Waals surface area contributed by atoms with Crippen LogP contribution in [0.2, 0.25) is 0 Å². The first-order valence-electron chi connectivity index (χ1n) is 10.6. The van der Waals surface area contributed by atoms with E-state index < -0.39 is 12.1 Å². The monoisotopic (exact) mass is 420 g/mol. The Labute approximate surface area is 184 Å². The largest absolute Gasteiger partial charge is 0.390 e. The van der Waals surface area contributed by atoms with Crippen molar-refractivity contribution < 1.29 is 9.90 Å². The molecule has 2 atom stereocenters. The molecule has 3 aromatic rings. The van der Waals surface area contributed by atoms with Gasteiger partial charge in [0.2, 0.25) is 0 Å². The number of carbonyl (C=O) groups is 1. The summed E-state index contributed by atoms with van der Waals surface area (Å²) in [5.41, 5.74) is 3.11. The molecule has 0 spiro atoms. The number of aromatic nitrogens is 2. The first-order chi connectivity index (χ1) is 14.8. The van der Waals surface area contributed by atoms with E-state index in [2.05, 4.69) is 41.7 Å². The molecule has 3 rings (SSSR count). The Morgan fingerprint density at radius 2 is 1.71 bits per heavy atom. The van der Waals surface area contributed by atoms with E-state index >= 15 is 0 Å². The van der Waals surface area contributed by atoms with Gasteiger partial charge in [0.05, 0.1) is 12.1 Å². The highest BCUT2D eigenvalue weighted by molar-refractivity contribution is 5.92. The summed E-state index contributed by atoms with van der Waals surface area (Å²) in [6.45, 7) is 6.39. The minimum absolute atomic E-state index is 0.286. The topological polar surface area (TPSA) is 79.2 Å². The fourth-order valence-corrected chi connectivity index (χ4v) is 3.52. The van der Waals surface area contributed by atoms with Crippen molar-refractivity contribution in [2.75, 3.05) is 6.54 Å². The van der Waals surface area contributed by atoms with Crippen LogP contribution in [0.25, 0.3) is 0 Å². The predicted octanol–water partition coefficient (Wildman–Crippen LogP) is 2.96. The van der Waals surface area contributed by atoms with Crippen LogP contribution in [-0.2, 0) is 19.0 Å². The first kappa shape index (κ1) is 22.7. The molecule has 6 nitrogen and oxygen atoms in total. The van der Waals surface area contributed by atoms with Crippen LogP contribution in [0.4, 0.5) is 0 Å². The first-order valence-corrected chi connectivity index (χ1v) is 10.6. The third-order valence-electron chi connectivity index (χ3n) is 5.67. The van der Waals surface area contributed by atoms with Crippen LogP contribution < -0.4 is 10.6 Å². The van der Waals surface area contributed by atoms with Gasteiger partial charge in [-0.05, 0) is 44.4 Å². The Hall–Kier alpha value is -2.96. The average molecular weight is 421 g/mol. The van der Waals surface area contributed by atoms with Gasteiger partial charge < -0.3 is 15.7 Å². The minimum atomic E-state index is -0.781. The molecule has 2 aromatic carbocycles. The third-order valence-corrected chi connectivity index (χ3v) is 5.67. The standard InChI is InChI=1S/C25H32N4O2/c1-18-15-22(28-29(18)4)24(31)27-21(16-19-11-7-5-8-12-19)23(30)17-26-25(2,3)20-13-9-6-10-14-20/h5-15,21,23,26,30H,16-17H2,1-4H3,(H,27,31)/t21-,23+/m0/s1. The van der Waals surface area contributed by atoms with Crippen molar-refractivity contribution in [3.63, 3.8) is 0 Å². The van der Waals surface area contributed by atoms with E-state index in [1.807, 2.05) is 55.5 Å². The van der Waals surface area contributed by atoms with E-state index in [1.165, 1.54) is 0 Å². The Morgan fingerprint density at radius 3 is 2.29 bits per heavy atom. The number of rotatable bonds is 9. The van der Waals surface area contributed by atoms with Gasteiger partial charge in [0.1, 0.15) is 5.69 Å². The number of hydrogen-bond acceptors (Lipinski definition) is 4. The maximum atomic E-state index is 12.8. The summed E-state index contributed by atoms with van der Waals surface area (Å²) in [6.07, 6.45) is -0.260. The van der Waals surface area contributed by atoms with Gasteiger partial charge in [-0.25, -0.2) is 0 Å². The molecule has 1 aromatic heterocycles. The van der Waals surface area contributed by atoms with Crippen LogP contribution >= 0.6 is 0 Å². The summed E-state index contributed by atoms with van der Waals surface area (Å²) in [7, 11) is 1.80. The van der Waals surface area contributed by atoms with E-state index in [9.17, 15) is 9.90 Å². The second-order valence-electron chi connectivity index (χ2n) is 8.50. The highest BCUT2D eigenvalue weighted by Crippen LogP contribution is 2.19. The molecule has 1 heterocycles. The van der Waals surface area contributed by atoms with Crippen LogP contribution in [0.5, 0.6) is 0 Å². The van der Waals surface area contributed by atoms with Crippen molar-refractivity contribution in [3.05, 3.63) is 89.2 Å². The summed E-state index contributed by atoms with van der Waals surface area (Å²) in [6, 6.07) is 21.3. The Kier molecular flexibility index (Phi) is 7.25. The second-order valence-corrected chi connectivity index (χ2v) is 8.50. The second kappa shape index (κ2) is 9.90. The van der Waals surface area contributed by atoms with Crippen molar-refractivity contribution in [3.8, 4) is 0 Å². The summed E-state index contributed by atoms with van der Waals surface area (Å²) in [5.74, 6) is -0.286. The van der Waals surface area contributed by atoms with Gasteiger partial charge in [-0.15, -0.1) is 0 Å². The lowest BCUT2D eigenvalue weighted by atomic mass is 9.93. The van der Waals surface area contributed by atoms with E-state index in [0.717, 1.165) is 16.8 Å². The molecule has 0 unspecified atom stereocenters. The number of aliphatic hydroxyl groups excluding tert-OH is 1. The van der Waals surface area contributed by atoms with Crippen LogP contribution in [0, 0.1) is 6.92 Å². The van der Waals surface area contributed by atoms with E-state index in [4.69, 9.17) is 0 Å². The molecule has 31 heavy (non-hydrogen) atoms. The van der Waals surface area contributed by atoms with Crippen LogP contribution in [0.15, 0.2) is 66.7 Å². The summed E-state index contributed by atoms with van der Waals surface area (Å²) < 4.78 is 1.67. The maximum absolute atomic E-state index is 12.8. The predicted molar refractivity (Wildman–Crippen MR) is 123 cm³/mol. The van der Waals surface area contributed by atoms with Gasteiger partial charge in [-0.3, -0.25) is 9.48 Å². The molecule has 0 fully saturated rings. The SMILES string of the molecule is Cc1cc(C(=O)N[C@@H](Cc2ccccc2)[C@H](O)CNC(C)(C)c2ccccc2)nn1C. The van der Waals surface area contributed by atoms with Crippen molar-refractivity contribution in [1.29, 1.82) is 0 Å². The zero-order valence-electron chi connectivity index (χ0n) is 18.7. The molecule has 0 aliphatic heterocycles. The quantitative estimate of drug-likeness (QED) is 0.497. The molecule has 0 aliphatic rings. The van der Waals surface area contributed by atoms with Gasteiger partial charge in [-0.1, -0.05) is 60.7 Å². The highest BCUT2D eigenvalue weighted by Gasteiger charge is 2.27. The molecule has 6 heteroatoms. The molecular weight excluding hydrogens is 388 g/mol. The lowest BCUT2D eigenvalue weighted by Gasteiger charge is -2.31. The number of aliphatic hydroxyl groups is 1. The average Bonchev–Trinajstić information content (AvgIpc) is 3.11. The Morgan fingerprint density at radius 1 is 1.10 bits per heavy atom. The Balaban J connectivity index is 1.72. The number of carbonyl (C=O) groups excluding carboxylic acids is 1. The molecule has 1 amide bonds. The minimum Gasteiger partial charge on any atom is -0.390 e. The molecule has 164 valence electrons. The van der Waals surface area contributed by atoms with Crippen molar-refractivity contribution >= 4 is 5.91 Å². The molecule has 0 bridgehead atoms. The van der Waals surface area contributed by atoms with E-state index in [0.29, 0.717) is 18.7 Å². The fraction of sp³-hybridized carbons (Fsp3) is 0.360. The van der Waals surface area contributed by atoms with Gasteiger partial charge in [0, 0.05) is 24.8 Å². The van der Waals surface area contributed by atoms with Crippen LogP contribution in [-0.4, -0.2) is 39.5 Å². The third kappa shape index (κ3) is 6.03. The number of aryl methyl sites for hydroxylation is 2. The molecular formula is C25H32N4O2. The number of amides is 1. The number of nitrogens with one attached hydrogen (secondary N) is 2. The number of nitrogens with zero attached hydrogens (tertiary/aromatic N) is 2. The molecule has 0 radical (unpaired) electrons. The van der Waals surface area contributed by atoms with E-state index in [1.54, 1.807) is 17.8 Å². The molecule has 3 N–H and O–H groups in total. The molecule has 0 aliphatic carbocycles. The number of benzene rings is 2. The van der Waals surface area contributed by atoms with Crippen molar-refractivity contribution in [2.24, 2.45) is 7.05 Å². The normalized spacial score (nSPS) is 13.6. The molecule has 0 saturated carbocycles. The lowest BCUT2D eigenvalue weighted by Crippen LogP contribution is -2.51. The maximum Gasteiger partial charge on any atom is 0.272 e. The zero-order valence-corrected chi connectivity index (χ0v) is 18.7. The van der Waals surface area contributed by atoms with Crippen molar-refractivity contribution in [2.45, 2.75) is 44.9 Å². The summed E-state index contributed by atoms with van der Waals surface area (Å²) in [4.78, 5) is 12.8. The fourth-order valence-electron chi connectivity index (χ4n) is 3.52.